The Kier molecular flexibility index (Phi) is 6.94. The lowest BCUT2D eigenvalue weighted by atomic mass is 9.77. The topological polar surface area (TPSA) is 111 Å². The average molecular weight is 433 g/mol. The van der Waals surface area contributed by atoms with E-state index in [0.717, 1.165) is 55.5 Å². The molecule has 1 atom stereocenters. The van der Waals surface area contributed by atoms with Gasteiger partial charge in [0, 0.05) is 22.5 Å². The van der Waals surface area contributed by atoms with Gasteiger partial charge >= 0.3 is 5.91 Å². The van der Waals surface area contributed by atoms with Crippen LogP contribution >= 0.6 is 0 Å². The Morgan fingerprint density at radius 3 is 2.72 bits per heavy atom. The van der Waals surface area contributed by atoms with Crippen LogP contribution in [0.15, 0.2) is 76.1 Å². The number of nitrogens with zero attached hydrogens (tertiary/aromatic N) is 2. The normalized spacial score (nSPS) is 23.1. The molecule has 0 bridgehead atoms. The van der Waals surface area contributed by atoms with Crippen LogP contribution in [0.25, 0.3) is 11.3 Å². The van der Waals surface area contributed by atoms with Gasteiger partial charge in [-0.05, 0) is 68.1 Å². The third kappa shape index (κ3) is 5.60. The Morgan fingerprint density at radius 2 is 2.00 bits per heavy atom. The summed E-state index contributed by atoms with van der Waals surface area (Å²) < 4.78 is 5.90. The number of nitroso groups, excluding NO2 is 1. The summed E-state index contributed by atoms with van der Waals surface area (Å²) in [5.74, 6) is 1.13. The van der Waals surface area contributed by atoms with Crippen molar-refractivity contribution >= 4 is 11.9 Å². The lowest BCUT2D eigenvalue weighted by Gasteiger charge is -2.28. The third-order valence-corrected chi connectivity index (χ3v) is 6.24. The number of nitrogens with one attached hydrogen (secondary N) is 1. The zero-order chi connectivity index (χ0) is 22.3. The van der Waals surface area contributed by atoms with Gasteiger partial charge in [-0.2, -0.15) is 0 Å². The van der Waals surface area contributed by atoms with Crippen molar-refractivity contribution in [3.63, 3.8) is 0 Å². The molecule has 1 heterocycles. The van der Waals surface area contributed by atoms with Crippen LogP contribution in [0.1, 0.15) is 50.0 Å². The molecule has 1 aromatic carbocycles. The summed E-state index contributed by atoms with van der Waals surface area (Å²) in [5.41, 5.74) is 8.94. The first-order valence-electron chi connectivity index (χ1n) is 11.1. The standard InChI is InChI=1S/C25H28N4O3/c26-21-4-2-5-22(15-21)28-25-27-16-23(32-25)20-13-11-19(12-14-20)18-9-7-17(8-10-18)3-1-6-24(30)29-31/h1-2,4,6,11-18,22H,3,5,7-10,26H2,(H,27,28)/b6-1+. The van der Waals surface area contributed by atoms with Gasteiger partial charge in [-0.1, -0.05) is 36.4 Å². The van der Waals surface area contributed by atoms with Gasteiger partial charge in [0.2, 0.25) is 0 Å². The number of oxazole rings is 1. The van der Waals surface area contributed by atoms with Crippen LogP contribution in [0.3, 0.4) is 0 Å². The molecular weight excluding hydrogens is 404 g/mol. The summed E-state index contributed by atoms with van der Waals surface area (Å²) in [7, 11) is 0. The molecule has 0 spiro atoms. The molecule has 2 aromatic rings. The number of aromatic nitrogens is 1. The number of anilines is 1. The first-order valence-corrected chi connectivity index (χ1v) is 11.1. The highest BCUT2D eigenvalue weighted by atomic mass is 16.4. The Balaban J connectivity index is 1.30. The molecular formula is C25H28N4O3. The van der Waals surface area contributed by atoms with Gasteiger partial charge in [0.1, 0.15) is 0 Å². The van der Waals surface area contributed by atoms with E-state index in [4.69, 9.17) is 10.2 Å². The molecule has 2 aliphatic carbocycles. The minimum atomic E-state index is -0.707. The van der Waals surface area contributed by atoms with Crippen LogP contribution in [0, 0.1) is 10.8 Å². The van der Waals surface area contributed by atoms with E-state index in [1.807, 2.05) is 18.2 Å². The van der Waals surface area contributed by atoms with Crippen LogP contribution in [0.4, 0.5) is 6.01 Å². The summed E-state index contributed by atoms with van der Waals surface area (Å²) in [6.07, 6.45) is 16.9. The Morgan fingerprint density at radius 1 is 1.22 bits per heavy atom. The molecule has 4 rings (SSSR count). The number of carbonyl (C=O) groups excluding carboxylic acids is 1. The second kappa shape index (κ2) is 10.2. The SMILES string of the molecule is NC1=CC(Nc2ncc(-c3ccc(C4CCC(C/C=C/C(=O)N=O)CC4)cc3)o2)CC=C1. The van der Waals surface area contributed by atoms with Gasteiger partial charge in [-0.25, -0.2) is 4.98 Å². The first kappa shape index (κ1) is 21.7. The average Bonchev–Trinajstić information content (AvgIpc) is 3.28. The highest BCUT2D eigenvalue weighted by molar-refractivity contribution is 5.87. The zero-order valence-corrected chi connectivity index (χ0v) is 17.9. The number of allylic oxidation sites excluding steroid dienone is 2. The summed E-state index contributed by atoms with van der Waals surface area (Å²) >= 11 is 0. The van der Waals surface area contributed by atoms with Gasteiger partial charge in [0.05, 0.1) is 12.2 Å². The summed E-state index contributed by atoms with van der Waals surface area (Å²) in [6.45, 7) is 0. The molecule has 0 saturated heterocycles. The number of nitrogens with two attached hydrogens (primary N) is 1. The summed E-state index contributed by atoms with van der Waals surface area (Å²) in [6, 6.07) is 9.12. The quantitative estimate of drug-likeness (QED) is 0.445. The molecule has 1 amide bonds. The van der Waals surface area contributed by atoms with Crippen molar-refractivity contribution in [3.8, 4) is 11.3 Å². The molecule has 166 valence electrons. The van der Waals surface area contributed by atoms with Crippen LogP contribution < -0.4 is 11.1 Å². The van der Waals surface area contributed by atoms with Gasteiger partial charge in [-0.3, -0.25) is 4.79 Å². The minimum absolute atomic E-state index is 0.0849. The Hall–Kier alpha value is -3.48. The maximum absolute atomic E-state index is 10.9. The maximum atomic E-state index is 10.9. The summed E-state index contributed by atoms with van der Waals surface area (Å²) in [5, 5.41) is 5.65. The Labute approximate surface area is 187 Å². The monoisotopic (exact) mass is 432 g/mol. The fraction of sp³-hybridized carbons (Fsp3) is 0.360. The van der Waals surface area contributed by atoms with Crippen molar-refractivity contribution in [2.45, 2.75) is 50.5 Å². The van der Waals surface area contributed by atoms with E-state index < -0.39 is 5.91 Å². The maximum Gasteiger partial charge on any atom is 0.309 e. The van der Waals surface area contributed by atoms with Crippen LogP contribution in [0.2, 0.25) is 0 Å². The van der Waals surface area contributed by atoms with Crippen molar-refractivity contribution < 1.29 is 9.21 Å². The predicted molar refractivity (Wildman–Crippen MR) is 125 cm³/mol. The van der Waals surface area contributed by atoms with Crippen molar-refractivity contribution in [2.24, 2.45) is 16.8 Å². The molecule has 7 nitrogen and oxygen atoms in total. The minimum Gasteiger partial charge on any atom is -0.424 e. The molecule has 7 heteroatoms. The number of hydrogen-bond donors (Lipinski definition) is 2. The van der Waals surface area contributed by atoms with Crippen molar-refractivity contribution in [1.29, 1.82) is 0 Å². The third-order valence-electron chi connectivity index (χ3n) is 6.24. The lowest BCUT2D eigenvalue weighted by Crippen LogP contribution is -2.20. The highest BCUT2D eigenvalue weighted by Crippen LogP contribution is 2.38. The second-order valence-electron chi connectivity index (χ2n) is 8.49. The van der Waals surface area contributed by atoms with Crippen LogP contribution in [-0.2, 0) is 4.79 Å². The fourth-order valence-electron chi connectivity index (χ4n) is 4.48. The predicted octanol–water partition coefficient (Wildman–Crippen LogP) is 5.44. The highest BCUT2D eigenvalue weighted by Gasteiger charge is 2.22. The largest absolute Gasteiger partial charge is 0.424 e. The molecule has 1 fully saturated rings. The van der Waals surface area contributed by atoms with Gasteiger partial charge in [0.15, 0.2) is 5.76 Å². The second-order valence-corrected chi connectivity index (χ2v) is 8.49. The number of rotatable bonds is 7. The van der Waals surface area contributed by atoms with Crippen LogP contribution in [0.5, 0.6) is 0 Å². The molecule has 1 unspecified atom stereocenters. The van der Waals surface area contributed by atoms with E-state index in [9.17, 15) is 9.70 Å². The van der Waals surface area contributed by atoms with E-state index in [1.54, 1.807) is 12.3 Å². The summed E-state index contributed by atoms with van der Waals surface area (Å²) in [4.78, 5) is 25.4. The number of benzene rings is 1. The number of carbonyl (C=O) groups is 1. The molecule has 0 radical (unpaired) electrons. The van der Waals surface area contributed by atoms with Crippen molar-refractivity contribution in [1.82, 2.24) is 4.98 Å². The van der Waals surface area contributed by atoms with Gasteiger partial charge in [-0.15, -0.1) is 4.91 Å². The fourth-order valence-corrected chi connectivity index (χ4v) is 4.48. The molecule has 0 aliphatic heterocycles. The zero-order valence-electron chi connectivity index (χ0n) is 17.9. The molecule has 2 aliphatic rings. The first-order chi connectivity index (χ1) is 15.6. The van der Waals surface area contributed by atoms with Gasteiger partial charge < -0.3 is 15.5 Å². The van der Waals surface area contributed by atoms with Gasteiger partial charge in [0.25, 0.3) is 6.01 Å². The van der Waals surface area contributed by atoms with Crippen molar-refractivity contribution in [2.75, 3.05) is 5.32 Å². The van der Waals surface area contributed by atoms with E-state index in [0.29, 0.717) is 17.9 Å². The molecule has 1 aromatic heterocycles. The Bertz CT molecular complexity index is 1030. The van der Waals surface area contributed by atoms with E-state index in [1.165, 1.54) is 11.6 Å². The molecule has 32 heavy (non-hydrogen) atoms. The van der Waals surface area contributed by atoms with Crippen LogP contribution in [-0.4, -0.2) is 16.9 Å². The smallest absolute Gasteiger partial charge is 0.309 e. The van der Waals surface area contributed by atoms with E-state index >= 15 is 0 Å². The number of amides is 1. The lowest BCUT2D eigenvalue weighted by molar-refractivity contribution is -0.113. The molecule has 1 saturated carbocycles. The van der Waals surface area contributed by atoms with Crippen molar-refractivity contribution in [3.05, 3.63) is 77.0 Å². The number of hydrogen-bond acceptors (Lipinski definition) is 6. The molecule has 3 N–H and O–H groups in total. The van der Waals surface area contributed by atoms with E-state index in [-0.39, 0.29) is 6.04 Å². The van der Waals surface area contributed by atoms with E-state index in [2.05, 4.69) is 39.7 Å².